The van der Waals surface area contributed by atoms with Crippen molar-refractivity contribution >= 4 is 29.6 Å². The van der Waals surface area contributed by atoms with E-state index in [2.05, 4.69) is 0 Å². The minimum atomic E-state index is -0.558. The van der Waals surface area contributed by atoms with Gasteiger partial charge >= 0.3 is 0 Å². The van der Waals surface area contributed by atoms with Gasteiger partial charge in [0.15, 0.2) is 0 Å². The average molecular weight is 193 g/mol. The van der Waals surface area contributed by atoms with Crippen LogP contribution in [0, 0.1) is 0 Å². The van der Waals surface area contributed by atoms with E-state index < -0.39 is 6.17 Å². The van der Waals surface area contributed by atoms with Crippen LogP contribution in [0.3, 0.4) is 0 Å². The molecule has 5 heteroatoms. The molecule has 0 aromatic carbocycles. The van der Waals surface area contributed by atoms with Gasteiger partial charge in [0.1, 0.15) is 11.3 Å². The molecular weight excluding hydrogens is 187 g/mol. The maximum Gasteiger partial charge on any atom is 0.216 e. The highest BCUT2D eigenvalue weighted by Gasteiger charge is 2.17. The number of halogens is 2. The van der Waals surface area contributed by atoms with E-state index in [1.807, 2.05) is 0 Å². The molecule has 1 aliphatic rings. The molecule has 0 spiro atoms. The second kappa shape index (κ2) is 3.26. The van der Waals surface area contributed by atoms with E-state index in [0.717, 1.165) is 0 Å². The van der Waals surface area contributed by atoms with Gasteiger partial charge in [0, 0.05) is 5.03 Å². The van der Waals surface area contributed by atoms with E-state index in [0.29, 0.717) is 11.4 Å². The summed E-state index contributed by atoms with van der Waals surface area (Å²) in [5, 5.41) is 0.681. The first-order valence-electron chi connectivity index (χ1n) is 2.89. The lowest BCUT2D eigenvalue weighted by Crippen LogP contribution is -2.39. The zero-order chi connectivity index (χ0) is 8.43. The molecule has 1 heterocycles. The van der Waals surface area contributed by atoms with Gasteiger partial charge in [-0.15, -0.1) is 0 Å². The molecule has 1 aliphatic heterocycles. The zero-order valence-electron chi connectivity index (χ0n) is 5.50. The molecule has 1 amide bonds. The Morgan fingerprint density at radius 2 is 2.27 bits per heavy atom. The number of hydrogen-bond donors (Lipinski definition) is 1. The first-order chi connectivity index (χ1) is 5.15. The Kier molecular flexibility index (Phi) is 2.54. The lowest BCUT2D eigenvalue weighted by molar-refractivity contribution is -0.117. The summed E-state index contributed by atoms with van der Waals surface area (Å²) >= 11 is 11.2. The molecule has 2 N–H and O–H groups in total. The third-order valence-corrected chi connectivity index (χ3v) is 1.81. The molecule has 0 bridgehead atoms. The molecule has 11 heavy (non-hydrogen) atoms. The van der Waals surface area contributed by atoms with Gasteiger partial charge in [-0.2, -0.15) is 0 Å². The van der Waals surface area contributed by atoms with Gasteiger partial charge in [0.2, 0.25) is 6.41 Å². The van der Waals surface area contributed by atoms with Crippen LogP contribution in [0.25, 0.3) is 0 Å². The van der Waals surface area contributed by atoms with Crippen LogP contribution in [0.4, 0.5) is 0 Å². The third kappa shape index (κ3) is 1.74. The molecule has 0 aromatic heterocycles. The van der Waals surface area contributed by atoms with Crippen molar-refractivity contribution < 1.29 is 4.79 Å². The number of nitrogens with zero attached hydrogens (tertiary/aromatic N) is 1. The number of carbonyl (C=O) groups is 1. The molecule has 0 radical (unpaired) electrons. The fourth-order valence-corrected chi connectivity index (χ4v) is 1.30. The molecule has 0 saturated heterocycles. The molecule has 0 aromatic rings. The lowest BCUT2D eigenvalue weighted by atomic mass is 10.3. The Balaban J connectivity index is 2.90. The van der Waals surface area contributed by atoms with E-state index in [9.17, 15) is 4.79 Å². The summed E-state index contributed by atoms with van der Waals surface area (Å²) in [6, 6.07) is 0. The largest absolute Gasteiger partial charge is 0.308 e. The summed E-state index contributed by atoms with van der Waals surface area (Å²) in [6.07, 6.45) is 2.99. The van der Waals surface area contributed by atoms with Crippen molar-refractivity contribution in [1.82, 2.24) is 4.90 Å². The second-order valence-corrected chi connectivity index (χ2v) is 2.85. The van der Waals surface area contributed by atoms with Crippen molar-refractivity contribution in [2.75, 3.05) is 0 Å². The van der Waals surface area contributed by atoms with Gasteiger partial charge in [0.25, 0.3) is 0 Å². The topological polar surface area (TPSA) is 46.3 Å². The smallest absolute Gasteiger partial charge is 0.216 e. The number of carbonyl (C=O) groups excluding carboxylic acids is 1. The first kappa shape index (κ1) is 8.59. The summed E-state index contributed by atoms with van der Waals surface area (Å²) in [7, 11) is 0. The normalized spacial score (nSPS) is 24.3. The number of hydrogen-bond acceptors (Lipinski definition) is 2. The second-order valence-electron chi connectivity index (χ2n) is 2.02. The fourth-order valence-electron chi connectivity index (χ4n) is 0.743. The van der Waals surface area contributed by atoms with Gasteiger partial charge in [-0.25, -0.2) is 0 Å². The van der Waals surface area contributed by atoms with Crippen molar-refractivity contribution in [3.63, 3.8) is 0 Å². The molecule has 0 fully saturated rings. The van der Waals surface area contributed by atoms with E-state index >= 15 is 0 Å². The highest BCUT2D eigenvalue weighted by atomic mass is 35.5. The SMILES string of the molecule is NC1C=C(Cl)C=C(Cl)N1C=O. The summed E-state index contributed by atoms with van der Waals surface area (Å²) < 4.78 is 0. The van der Waals surface area contributed by atoms with Gasteiger partial charge in [-0.1, -0.05) is 23.2 Å². The number of nitrogens with two attached hydrogens (primary N) is 1. The van der Waals surface area contributed by atoms with Crippen LogP contribution >= 0.6 is 23.2 Å². The van der Waals surface area contributed by atoms with Gasteiger partial charge < -0.3 is 5.73 Å². The molecule has 0 saturated carbocycles. The predicted molar refractivity (Wildman–Crippen MR) is 43.8 cm³/mol. The highest BCUT2D eigenvalue weighted by Crippen LogP contribution is 2.21. The summed E-state index contributed by atoms with van der Waals surface area (Å²) in [5.74, 6) is 0. The van der Waals surface area contributed by atoms with Gasteiger partial charge in [0.05, 0.1) is 0 Å². The van der Waals surface area contributed by atoms with E-state index in [1.54, 1.807) is 0 Å². The Morgan fingerprint density at radius 1 is 1.64 bits per heavy atom. The number of allylic oxidation sites excluding steroid dienone is 2. The van der Waals surface area contributed by atoms with Crippen LogP contribution < -0.4 is 5.73 Å². The standard InChI is InChI=1S/C6H6Cl2N2O/c7-4-1-5(8)10(3-11)6(9)2-4/h1-3,6H,9H2. The highest BCUT2D eigenvalue weighted by molar-refractivity contribution is 6.35. The molecule has 0 aliphatic carbocycles. The van der Waals surface area contributed by atoms with Crippen LogP contribution in [-0.4, -0.2) is 17.5 Å². The summed E-state index contributed by atoms with van der Waals surface area (Å²) in [4.78, 5) is 11.5. The maximum absolute atomic E-state index is 10.3. The van der Waals surface area contributed by atoms with Gasteiger partial charge in [-0.05, 0) is 12.2 Å². The molecule has 60 valence electrons. The Bertz CT molecular complexity index is 237. The molecule has 1 atom stereocenters. The van der Waals surface area contributed by atoms with Gasteiger partial charge in [-0.3, -0.25) is 9.69 Å². The predicted octanol–water partition coefficient (Wildman–Crippen LogP) is 0.946. The Hall–Kier alpha value is -0.510. The first-order valence-corrected chi connectivity index (χ1v) is 3.64. The Labute approximate surface area is 74.0 Å². The quantitative estimate of drug-likeness (QED) is 0.497. The minimum absolute atomic E-state index is 0.236. The number of rotatable bonds is 1. The molecular formula is C6H6Cl2N2O. The van der Waals surface area contributed by atoms with Crippen LogP contribution in [0.15, 0.2) is 22.3 Å². The maximum atomic E-state index is 10.3. The summed E-state index contributed by atoms with van der Waals surface area (Å²) in [6.45, 7) is 0. The van der Waals surface area contributed by atoms with Crippen LogP contribution in [-0.2, 0) is 4.79 Å². The van der Waals surface area contributed by atoms with Crippen molar-refractivity contribution in [3.05, 3.63) is 22.3 Å². The fraction of sp³-hybridized carbons (Fsp3) is 0.167. The van der Waals surface area contributed by atoms with Crippen molar-refractivity contribution in [1.29, 1.82) is 0 Å². The molecule has 1 unspecified atom stereocenters. The zero-order valence-corrected chi connectivity index (χ0v) is 7.01. The van der Waals surface area contributed by atoms with Crippen LogP contribution in [0.2, 0.25) is 0 Å². The van der Waals surface area contributed by atoms with Crippen LogP contribution in [0.5, 0.6) is 0 Å². The van der Waals surface area contributed by atoms with Crippen molar-refractivity contribution in [2.45, 2.75) is 6.17 Å². The van der Waals surface area contributed by atoms with Crippen molar-refractivity contribution in [2.24, 2.45) is 5.73 Å². The average Bonchev–Trinajstić information content (AvgIpc) is 1.85. The monoisotopic (exact) mass is 192 g/mol. The molecule has 1 rings (SSSR count). The summed E-state index contributed by atoms with van der Waals surface area (Å²) in [5.41, 5.74) is 5.48. The molecule has 3 nitrogen and oxygen atoms in total. The Morgan fingerprint density at radius 3 is 2.73 bits per heavy atom. The lowest BCUT2D eigenvalue weighted by Gasteiger charge is -2.24. The third-order valence-electron chi connectivity index (χ3n) is 1.27. The van der Waals surface area contributed by atoms with E-state index in [1.165, 1.54) is 17.1 Å². The van der Waals surface area contributed by atoms with Crippen molar-refractivity contribution in [3.8, 4) is 0 Å². The van der Waals surface area contributed by atoms with E-state index in [-0.39, 0.29) is 5.16 Å². The van der Waals surface area contributed by atoms with Crippen LogP contribution in [0.1, 0.15) is 0 Å². The van der Waals surface area contributed by atoms with E-state index in [4.69, 9.17) is 28.9 Å². The number of amides is 1. The minimum Gasteiger partial charge on any atom is -0.308 e.